The van der Waals surface area contributed by atoms with Gasteiger partial charge in [-0.25, -0.2) is 9.07 Å². The number of aromatic nitrogens is 2. The SMILES string of the molecule is Cc1cc(=O)c(C(=O)N(C)Cc2ccccc2[N+](=O)[O-])nn1-c1ccccc1F. The zero-order valence-electron chi connectivity index (χ0n) is 15.7. The fourth-order valence-electron chi connectivity index (χ4n) is 2.89. The molecule has 3 aromatic rings. The van der Waals surface area contributed by atoms with Gasteiger partial charge in [-0.3, -0.25) is 19.7 Å². The third-order valence-electron chi connectivity index (χ3n) is 4.33. The van der Waals surface area contributed by atoms with Gasteiger partial charge in [0.25, 0.3) is 11.6 Å². The van der Waals surface area contributed by atoms with Crippen molar-refractivity contribution in [3.63, 3.8) is 0 Å². The molecule has 3 rings (SSSR count). The maximum Gasteiger partial charge on any atom is 0.278 e. The Bertz CT molecular complexity index is 1160. The van der Waals surface area contributed by atoms with Gasteiger partial charge in [0.15, 0.2) is 5.69 Å². The molecule has 0 fully saturated rings. The van der Waals surface area contributed by atoms with E-state index in [1.54, 1.807) is 19.1 Å². The monoisotopic (exact) mass is 396 g/mol. The standard InChI is InChI=1S/C20H17FN4O4/c1-13-11-18(26)19(22-24(13)17-10-6-4-8-15(17)21)20(27)23(2)12-14-7-3-5-9-16(14)25(28)29/h3-11H,12H2,1-2H3. The number of hydrogen-bond donors (Lipinski definition) is 0. The Morgan fingerprint density at radius 1 is 1.21 bits per heavy atom. The van der Waals surface area contributed by atoms with E-state index in [0.29, 0.717) is 11.3 Å². The third kappa shape index (κ3) is 4.03. The molecule has 0 unspecified atom stereocenters. The Morgan fingerprint density at radius 3 is 2.55 bits per heavy atom. The summed E-state index contributed by atoms with van der Waals surface area (Å²) in [5, 5.41) is 15.2. The average molecular weight is 396 g/mol. The van der Waals surface area contributed by atoms with Crippen LogP contribution in [0.4, 0.5) is 10.1 Å². The topological polar surface area (TPSA) is 98.3 Å². The highest BCUT2D eigenvalue weighted by Gasteiger charge is 2.22. The van der Waals surface area contributed by atoms with E-state index in [1.165, 1.54) is 54.2 Å². The van der Waals surface area contributed by atoms with Gasteiger partial charge in [-0.05, 0) is 19.1 Å². The normalized spacial score (nSPS) is 10.6. The zero-order chi connectivity index (χ0) is 21.1. The molecular formula is C20H17FN4O4. The lowest BCUT2D eigenvalue weighted by Gasteiger charge is -2.18. The number of carbonyl (C=O) groups is 1. The van der Waals surface area contributed by atoms with E-state index in [4.69, 9.17) is 0 Å². The number of para-hydroxylation sites is 2. The van der Waals surface area contributed by atoms with Gasteiger partial charge in [0, 0.05) is 30.4 Å². The molecule has 0 aliphatic rings. The summed E-state index contributed by atoms with van der Waals surface area (Å²) in [6.45, 7) is 1.48. The fourth-order valence-corrected chi connectivity index (χ4v) is 2.89. The molecule has 2 aromatic carbocycles. The highest BCUT2D eigenvalue weighted by atomic mass is 19.1. The predicted molar refractivity (Wildman–Crippen MR) is 103 cm³/mol. The molecule has 29 heavy (non-hydrogen) atoms. The van der Waals surface area contributed by atoms with Gasteiger partial charge < -0.3 is 4.90 Å². The Hall–Kier alpha value is -3.88. The number of rotatable bonds is 5. The number of benzene rings is 2. The molecule has 0 saturated carbocycles. The second kappa shape index (κ2) is 8.01. The number of halogens is 1. The van der Waals surface area contributed by atoms with Crippen molar-refractivity contribution >= 4 is 11.6 Å². The van der Waals surface area contributed by atoms with Gasteiger partial charge in [0.05, 0.1) is 11.5 Å². The summed E-state index contributed by atoms with van der Waals surface area (Å²) in [6.07, 6.45) is 0. The highest BCUT2D eigenvalue weighted by molar-refractivity contribution is 5.92. The molecular weight excluding hydrogens is 379 g/mol. The molecule has 0 atom stereocenters. The first-order chi connectivity index (χ1) is 13.8. The van der Waals surface area contributed by atoms with Crippen LogP contribution in [0.5, 0.6) is 0 Å². The van der Waals surface area contributed by atoms with Crippen molar-refractivity contribution in [3.8, 4) is 5.69 Å². The zero-order valence-corrected chi connectivity index (χ0v) is 15.7. The van der Waals surface area contributed by atoms with Gasteiger partial charge >= 0.3 is 0 Å². The molecule has 0 aliphatic carbocycles. The largest absolute Gasteiger partial charge is 0.336 e. The summed E-state index contributed by atoms with van der Waals surface area (Å²) in [5.41, 5.74) is -0.379. The minimum Gasteiger partial charge on any atom is -0.336 e. The van der Waals surface area contributed by atoms with Crippen molar-refractivity contribution in [3.05, 3.63) is 97.7 Å². The van der Waals surface area contributed by atoms with Gasteiger partial charge in [0.1, 0.15) is 11.5 Å². The Morgan fingerprint density at radius 2 is 1.86 bits per heavy atom. The molecule has 0 bridgehead atoms. The number of amides is 1. The number of nitrogens with zero attached hydrogens (tertiary/aromatic N) is 4. The lowest BCUT2D eigenvalue weighted by molar-refractivity contribution is -0.385. The van der Waals surface area contributed by atoms with E-state index >= 15 is 0 Å². The van der Waals surface area contributed by atoms with E-state index in [-0.39, 0.29) is 17.9 Å². The summed E-state index contributed by atoms with van der Waals surface area (Å²) < 4.78 is 15.3. The molecule has 148 valence electrons. The van der Waals surface area contributed by atoms with Gasteiger partial charge in [-0.1, -0.05) is 30.3 Å². The van der Waals surface area contributed by atoms with E-state index in [1.807, 2.05) is 0 Å². The summed E-state index contributed by atoms with van der Waals surface area (Å²) in [4.78, 5) is 37.0. The third-order valence-corrected chi connectivity index (χ3v) is 4.33. The molecule has 1 heterocycles. The van der Waals surface area contributed by atoms with E-state index < -0.39 is 27.8 Å². The summed E-state index contributed by atoms with van der Waals surface area (Å²) in [5.74, 6) is -1.28. The molecule has 1 amide bonds. The second-order valence-electron chi connectivity index (χ2n) is 6.41. The average Bonchev–Trinajstić information content (AvgIpc) is 2.68. The number of carbonyl (C=O) groups excluding carboxylic acids is 1. The van der Waals surface area contributed by atoms with Crippen LogP contribution in [0.15, 0.2) is 59.4 Å². The van der Waals surface area contributed by atoms with Crippen LogP contribution in [0.1, 0.15) is 21.7 Å². The second-order valence-corrected chi connectivity index (χ2v) is 6.41. The Balaban J connectivity index is 1.97. The van der Waals surface area contributed by atoms with Crippen LogP contribution < -0.4 is 5.43 Å². The molecule has 8 nitrogen and oxygen atoms in total. The van der Waals surface area contributed by atoms with Crippen molar-refractivity contribution in [2.45, 2.75) is 13.5 Å². The number of nitro benzene ring substituents is 1. The first-order valence-electron chi connectivity index (χ1n) is 8.63. The molecule has 0 radical (unpaired) electrons. The van der Waals surface area contributed by atoms with Crippen LogP contribution in [0.2, 0.25) is 0 Å². The minimum atomic E-state index is -0.724. The molecule has 0 saturated heterocycles. The van der Waals surface area contributed by atoms with Crippen LogP contribution in [0.25, 0.3) is 5.69 Å². The molecule has 0 N–H and O–H groups in total. The summed E-state index contributed by atoms with van der Waals surface area (Å²) >= 11 is 0. The summed E-state index contributed by atoms with van der Waals surface area (Å²) in [6, 6.07) is 13.1. The lowest BCUT2D eigenvalue weighted by atomic mass is 10.1. The first-order valence-corrected chi connectivity index (χ1v) is 8.63. The number of aryl methyl sites for hydroxylation is 1. The maximum atomic E-state index is 14.2. The smallest absolute Gasteiger partial charge is 0.278 e. The van der Waals surface area contributed by atoms with Crippen LogP contribution in [-0.4, -0.2) is 32.6 Å². The van der Waals surface area contributed by atoms with Gasteiger partial charge in [0.2, 0.25) is 5.43 Å². The first kappa shape index (κ1) is 19.9. The molecule has 1 aromatic heterocycles. The van der Waals surface area contributed by atoms with Crippen molar-refractivity contribution < 1.29 is 14.1 Å². The van der Waals surface area contributed by atoms with Crippen LogP contribution >= 0.6 is 0 Å². The molecule has 0 aliphatic heterocycles. The molecule has 0 spiro atoms. The minimum absolute atomic E-state index is 0.0926. The van der Waals surface area contributed by atoms with Crippen molar-refractivity contribution in [2.24, 2.45) is 0 Å². The van der Waals surface area contributed by atoms with Crippen molar-refractivity contribution in [1.29, 1.82) is 0 Å². The van der Waals surface area contributed by atoms with E-state index in [0.717, 1.165) is 4.90 Å². The van der Waals surface area contributed by atoms with Crippen molar-refractivity contribution in [2.75, 3.05) is 7.05 Å². The lowest BCUT2D eigenvalue weighted by Crippen LogP contribution is -2.33. The van der Waals surface area contributed by atoms with Crippen molar-refractivity contribution in [1.82, 2.24) is 14.7 Å². The highest BCUT2D eigenvalue weighted by Crippen LogP contribution is 2.19. The van der Waals surface area contributed by atoms with E-state index in [9.17, 15) is 24.1 Å². The Labute approximate surface area is 165 Å². The fraction of sp³-hybridized carbons (Fsp3) is 0.150. The molecule has 9 heteroatoms. The van der Waals surface area contributed by atoms with Gasteiger partial charge in [-0.15, -0.1) is 0 Å². The number of nitro groups is 1. The Kier molecular flexibility index (Phi) is 5.49. The van der Waals surface area contributed by atoms with E-state index in [2.05, 4.69) is 5.10 Å². The predicted octanol–water partition coefficient (Wildman–Crippen LogP) is 2.86. The van der Waals surface area contributed by atoms with Gasteiger partial charge in [-0.2, -0.15) is 5.10 Å². The number of hydrogen-bond acceptors (Lipinski definition) is 5. The van der Waals surface area contributed by atoms with Crippen LogP contribution in [0, 0.1) is 22.9 Å². The van der Waals surface area contributed by atoms with Crippen LogP contribution in [0.3, 0.4) is 0 Å². The summed E-state index contributed by atoms with van der Waals surface area (Å²) in [7, 11) is 1.41. The maximum absolute atomic E-state index is 14.2. The van der Waals surface area contributed by atoms with Crippen LogP contribution in [-0.2, 0) is 6.54 Å². The quantitative estimate of drug-likeness (QED) is 0.488.